The molecule has 0 fully saturated rings. The van der Waals surface area contributed by atoms with Crippen LogP contribution < -0.4 is 33.8 Å². The Bertz CT molecular complexity index is 1940. The Hall–Kier alpha value is -4.42. The molecular weight excluding hydrogens is 667 g/mol. The van der Waals surface area contributed by atoms with E-state index in [2.05, 4.69) is 20.9 Å². The summed E-state index contributed by atoms with van der Waals surface area (Å²) in [5.41, 5.74) is 1.96. The van der Waals surface area contributed by atoms with Crippen LogP contribution in [0.2, 0.25) is 0 Å². The van der Waals surface area contributed by atoms with Gasteiger partial charge in [-0.05, 0) is 88.9 Å². The van der Waals surface area contributed by atoms with Gasteiger partial charge in [-0.2, -0.15) is 0 Å². The van der Waals surface area contributed by atoms with Crippen molar-refractivity contribution in [1.82, 2.24) is 4.57 Å². The molecule has 2 heterocycles. The lowest BCUT2D eigenvalue weighted by atomic mass is 9.97. The second-order valence-corrected chi connectivity index (χ2v) is 11.6. The average molecular weight is 698 g/mol. The summed E-state index contributed by atoms with van der Waals surface area (Å²) in [7, 11) is 2.80. The minimum absolute atomic E-state index is 0.201. The van der Waals surface area contributed by atoms with E-state index >= 15 is 0 Å². The maximum absolute atomic E-state index is 14.0. The van der Waals surface area contributed by atoms with Gasteiger partial charge in [0.1, 0.15) is 12.4 Å². The number of halogens is 2. The van der Waals surface area contributed by atoms with Gasteiger partial charge in [-0.15, -0.1) is 0 Å². The van der Waals surface area contributed by atoms with E-state index in [9.17, 15) is 14.0 Å². The lowest BCUT2D eigenvalue weighted by Crippen LogP contribution is -2.39. The second kappa shape index (κ2) is 14.1. The van der Waals surface area contributed by atoms with E-state index in [1.54, 1.807) is 48.5 Å². The zero-order valence-corrected chi connectivity index (χ0v) is 27.4. The van der Waals surface area contributed by atoms with Crippen molar-refractivity contribution in [3.63, 3.8) is 0 Å². The average Bonchev–Trinajstić information content (AvgIpc) is 3.35. The molecular formula is C33H30BrFN2O7S. The Labute approximate surface area is 270 Å². The van der Waals surface area contributed by atoms with E-state index in [-0.39, 0.29) is 23.6 Å². The third kappa shape index (κ3) is 6.81. The largest absolute Gasteiger partial charge is 0.493 e. The Balaban J connectivity index is 1.56. The van der Waals surface area contributed by atoms with E-state index in [1.807, 2.05) is 13.8 Å². The van der Waals surface area contributed by atoms with Gasteiger partial charge < -0.3 is 23.7 Å². The first-order valence-electron chi connectivity index (χ1n) is 14.0. The third-order valence-corrected chi connectivity index (χ3v) is 8.44. The van der Waals surface area contributed by atoms with Crippen LogP contribution in [-0.4, -0.2) is 38.0 Å². The van der Waals surface area contributed by atoms with Crippen molar-refractivity contribution in [1.29, 1.82) is 0 Å². The monoisotopic (exact) mass is 696 g/mol. The highest BCUT2D eigenvalue weighted by atomic mass is 79.9. The molecule has 1 aliphatic heterocycles. The van der Waals surface area contributed by atoms with Crippen LogP contribution in [0.4, 0.5) is 4.39 Å². The number of thiazole rings is 1. The summed E-state index contributed by atoms with van der Waals surface area (Å²) in [6.07, 6.45) is 3.17. The molecule has 0 amide bonds. The number of hydrogen-bond donors (Lipinski definition) is 0. The Morgan fingerprint density at radius 3 is 2.42 bits per heavy atom. The zero-order chi connectivity index (χ0) is 32.1. The smallest absolute Gasteiger partial charge is 0.337 e. The molecule has 234 valence electrons. The number of carbonyl (C=O) groups excluding carboxylic acids is 1. The maximum Gasteiger partial charge on any atom is 0.337 e. The third-order valence-electron chi connectivity index (χ3n) is 6.85. The molecule has 0 saturated heterocycles. The quantitative estimate of drug-likeness (QED) is 0.196. The Morgan fingerprint density at radius 1 is 1.00 bits per heavy atom. The van der Waals surface area contributed by atoms with Crippen LogP contribution in [0.15, 0.2) is 80.6 Å². The van der Waals surface area contributed by atoms with Crippen molar-refractivity contribution < 1.29 is 32.9 Å². The molecule has 0 N–H and O–H groups in total. The first-order valence-corrected chi connectivity index (χ1v) is 15.6. The summed E-state index contributed by atoms with van der Waals surface area (Å²) >= 11 is 4.75. The molecule has 0 spiro atoms. The number of benzene rings is 3. The fourth-order valence-corrected chi connectivity index (χ4v) is 6.38. The highest BCUT2D eigenvalue weighted by Gasteiger charge is 2.31. The van der Waals surface area contributed by atoms with E-state index in [0.717, 1.165) is 5.56 Å². The summed E-state index contributed by atoms with van der Waals surface area (Å²) in [6.45, 7) is 4.79. The molecule has 4 aromatic rings. The molecule has 1 aliphatic rings. The predicted molar refractivity (Wildman–Crippen MR) is 171 cm³/mol. The zero-order valence-electron chi connectivity index (χ0n) is 25.0. The van der Waals surface area contributed by atoms with Crippen LogP contribution in [-0.2, 0) is 16.1 Å². The lowest BCUT2D eigenvalue weighted by molar-refractivity contribution is -0.136. The number of carbonyl (C=O) groups is 1. The van der Waals surface area contributed by atoms with Gasteiger partial charge >= 0.3 is 5.97 Å². The van der Waals surface area contributed by atoms with E-state index in [4.69, 9.17) is 23.7 Å². The fourth-order valence-electron chi connectivity index (χ4n) is 4.84. The number of ether oxygens (including phenoxy) is 5. The highest BCUT2D eigenvalue weighted by molar-refractivity contribution is 9.10. The summed E-state index contributed by atoms with van der Waals surface area (Å²) < 4.78 is 43.9. The number of rotatable bonds is 11. The molecule has 5 rings (SSSR count). The van der Waals surface area contributed by atoms with Crippen molar-refractivity contribution in [2.75, 3.05) is 27.4 Å². The second-order valence-electron chi connectivity index (χ2n) is 9.70. The SMILES string of the molecule is CCOc1ccc([C@H]2C(C(=O)OC)=CN=c3s/c(=C\c4cc(Br)c(OCc5ccc(F)cc5)c(OC)c4)c(=O)n32)cc1OCC. The summed E-state index contributed by atoms with van der Waals surface area (Å²) in [6, 6.07) is 14.1. The first-order chi connectivity index (χ1) is 21.8. The number of esters is 1. The van der Waals surface area contributed by atoms with Crippen LogP contribution in [0.3, 0.4) is 0 Å². The maximum atomic E-state index is 14.0. The van der Waals surface area contributed by atoms with Gasteiger partial charge in [-0.1, -0.05) is 29.5 Å². The van der Waals surface area contributed by atoms with Crippen LogP contribution in [0.25, 0.3) is 6.08 Å². The molecule has 1 atom stereocenters. The van der Waals surface area contributed by atoms with E-state index < -0.39 is 12.0 Å². The van der Waals surface area contributed by atoms with Gasteiger partial charge in [-0.3, -0.25) is 9.36 Å². The van der Waals surface area contributed by atoms with Gasteiger partial charge in [-0.25, -0.2) is 14.2 Å². The van der Waals surface area contributed by atoms with Crippen LogP contribution in [0, 0.1) is 5.82 Å². The summed E-state index contributed by atoms with van der Waals surface area (Å²) in [5.74, 6) is 1.03. The molecule has 3 aromatic carbocycles. The Kier molecular flexibility index (Phi) is 10.0. The summed E-state index contributed by atoms with van der Waals surface area (Å²) in [4.78, 5) is 31.7. The van der Waals surface area contributed by atoms with Crippen molar-refractivity contribution in [2.45, 2.75) is 26.5 Å². The highest BCUT2D eigenvalue weighted by Crippen LogP contribution is 2.38. The van der Waals surface area contributed by atoms with Gasteiger partial charge in [0.15, 0.2) is 27.8 Å². The van der Waals surface area contributed by atoms with Crippen molar-refractivity contribution >= 4 is 39.3 Å². The van der Waals surface area contributed by atoms with Crippen molar-refractivity contribution in [3.05, 3.63) is 113 Å². The van der Waals surface area contributed by atoms with Gasteiger partial charge in [0.05, 0.1) is 48.1 Å². The molecule has 9 nitrogen and oxygen atoms in total. The lowest BCUT2D eigenvalue weighted by Gasteiger charge is -2.23. The predicted octanol–water partition coefficient (Wildman–Crippen LogP) is 5.30. The van der Waals surface area contributed by atoms with Crippen LogP contribution in [0.5, 0.6) is 23.0 Å². The Morgan fingerprint density at radius 2 is 1.73 bits per heavy atom. The molecule has 12 heteroatoms. The fraction of sp³-hybridized carbons (Fsp3) is 0.242. The van der Waals surface area contributed by atoms with Gasteiger partial charge in [0.2, 0.25) is 0 Å². The molecule has 0 unspecified atom stereocenters. The van der Waals surface area contributed by atoms with E-state index in [1.165, 1.54) is 48.5 Å². The molecule has 45 heavy (non-hydrogen) atoms. The number of hydrogen-bond acceptors (Lipinski definition) is 9. The van der Waals surface area contributed by atoms with Crippen LogP contribution >= 0.6 is 27.3 Å². The summed E-state index contributed by atoms with van der Waals surface area (Å²) in [5, 5.41) is 0. The van der Waals surface area contributed by atoms with Crippen molar-refractivity contribution in [2.24, 2.45) is 4.99 Å². The normalized spacial score (nSPS) is 14.2. The van der Waals surface area contributed by atoms with Gasteiger partial charge in [0.25, 0.3) is 5.56 Å². The van der Waals surface area contributed by atoms with Gasteiger partial charge in [0, 0.05) is 6.20 Å². The van der Waals surface area contributed by atoms with E-state index in [0.29, 0.717) is 61.1 Å². The molecule has 1 aromatic heterocycles. The first kappa shape index (κ1) is 32.0. The molecule has 0 aliphatic carbocycles. The molecule has 0 saturated carbocycles. The van der Waals surface area contributed by atoms with Crippen LogP contribution in [0.1, 0.15) is 36.6 Å². The minimum atomic E-state index is -0.811. The number of nitrogens with zero attached hydrogens (tertiary/aromatic N) is 2. The molecule has 0 radical (unpaired) electrons. The number of aromatic nitrogens is 1. The molecule has 0 bridgehead atoms. The standard InChI is InChI=1S/C33H30BrFN2O7S/c1-5-42-25-12-9-21(16-26(25)43-6-2)29-23(32(39)41-4)17-36-33-37(29)31(38)28(45-33)15-20-13-24(34)30(27(14-20)40-3)44-18-19-7-10-22(35)11-8-19/h7-17,29H,5-6,18H2,1-4H3/b28-15-/t29-/m0/s1. The topological polar surface area (TPSA) is 97.6 Å². The number of fused-ring (bicyclic) bond motifs is 1. The van der Waals surface area contributed by atoms with Crippen molar-refractivity contribution in [3.8, 4) is 23.0 Å². The number of methoxy groups -OCH3 is 2. The minimum Gasteiger partial charge on any atom is -0.493 e.